The van der Waals surface area contributed by atoms with E-state index in [9.17, 15) is 14.4 Å². The molecule has 3 heterocycles. The average Bonchev–Trinajstić information content (AvgIpc) is 3.47. The summed E-state index contributed by atoms with van der Waals surface area (Å²) in [5.74, 6) is 0.698. The van der Waals surface area contributed by atoms with Crippen molar-refractivity contribution in [2.24, 2.45) is 0 Å². The summed E-state index contributed by atoms with van der Waals surface area (Å²) in [6.45, 7) is 4.04. The van der Waals surface area contributed by atoms with Gasteiger partial charge in [0, 0.05) is 17.0 Å². The van der Waals surface area contributed by atoms with Crippen molar-refractivity contribution in [3.05, 3.63) is 87.3 Å². The normalized spacial score (nSPS) is 10.7. The Balaban J connectivity index is 1.53. The maximum Gasteiger partial charge on any atom is 0.341 e. The maximum absolute atomic E-state index is 13.0. The van der Waals surface area contributed by atoms with Crippen LogP contribution in [0.3, 0.4) is 0 Å². The molecular formula is C25H23N3O6S. The standard InChI is InChI=1S/C25H23N3O6S/c1-3-32-25(31)22-18(20-11-9-16(2)34-20)15-35-24(22)26-23(30)19-10-12-21(29)28(27-19)13-14-33-17-7-5-4-6-8-17/h4-12,15H,3,13-14H2,1-2H3,(H,26,30). The molecule has 0 aliphatic heterocycles. The molecule has 1 N–H and O–H groups in total. The molecule has 0 atom stereocenters. The Bertz CT molecular complexity index is 1390. The number of aromatic nitrogens is 2. The third kappa shape index (κ3) is 5.67. The molecule has 0 aliphatic carbocycles. The van der Waals surface area contributed by atoms with Gasteiger partial charge in [0.2, 0.25) is 0 Å². The Morgan fingerprint density at radius 1 is 1.11 bits per heavy atom. The minimum atomic E-state index is -0.580. The number of rotatable bonds is 9. The van der Waals surface area contributed by atoms with E-state index in [0.717, 1.165) is 4.68 Å². The highest BCUT2D eigenvalue weighted by molar-refractivity contribution is 7.15. The summed E-state index contributed by atoms with van der Waals surface area (Å²) in [6.07, 6.45) is 0. The Hall–Kier alpha value is -4.18. The van der Waals surface area contributed by atoms with E-state index in [1.807, 2.05) is 18.2 Å². The third-order valence-corrected chi connectivity index (χ3v) is 5.81. The van der Waals surface area contributed by atoms with Crippen LogP contribution in [0.4, 0.5) is 5.00 Å². The van der Waals surface area contributed by atoms with Gasteiger partial charge in [0.1, 0.15) is 40.1 Å². The fraction of sp³-hybridized carbons (Fsp3) is 0.200. The van der Waals surface area contributed by atoms with Crippen LogP contribution >= 0.6 is 11.3 Å². The van der Waals surface area contributed by atoms with Gasteiger partial charge in [-0.05, 0) is 44.2 Å². The first-order valence-electron chi connectivity index (χ1n) is 10.9. The van der Waals surface area contributed by atoms with Crippen molar-refractivity contribution in [2.45, 2.75) is 20.4 Å². The summed E-state index contributed by atoms with van der Waals surface area (Å²) in [7, 11) is 0. The van der Waals surface area contributed by atoms with E-state index in [0.29, 0.717) is 27.8 Å². The van der Waals surface area contributed by atoms with Crippen molar-refractivity contribution in [1.29, 1.82) is 0 Å². The van der Waals surface area contributed by atoms with E-state index in [1.54, 1.807) is 43.5 Å². The number of carbonyl (C=O) groups excluding carboxylic acids is 2. The summed E-state index contributed by atoms with van der Waals surface area (Å²) in [5.41, 5.74) is 0.372. The Kier molecular flexibility index (Phi) is 7.41. The summed E-state index contributed by atoms with van der Waals surface area (Å²) in [6, 6.07) is 15.3. The van der Waals surface area contributed by atoms with Crippen LogP contribution in [0.25, 0.3) is 11.3 Å². The molecule has 1 aromatic carbocycles. The molecule has 0 bridgehead atoms. The number of furan rings is 1. The van der Waals surface area contributed by atoms with Crippen molar-refractivity contribution in [2.75, 3.05) is 18.5 Å². The lowest BCUT2D eigenvalue weighted by Crippen LogP contribution is -2.28. The molecule has 0 fully saturated rings. The van der Waals surface area contributed by atoms with Crippen molar-refractivity contribution in [3.63, 3.8) is 0 Å². The Morgan fingerprint density at radius 2 is 1.91 bits per heavy atom. The quantitative estimate of drug-likeness (QED) is 0.344. The number of amides is 1. The van der Waals surface area contributed by atoms with Gasteiger partial charge in [-0.15, -0.1) is 11.3 Å². The van der Waals surface area contributed by atoms with E-state index in [2.05, 4.69) is 10.4 Å². The number of carbonyl (C=O) groups is 2. The largest absolute Gasteiger partial charge is 0.492 e. The second-order valence-corrected chi connectivity index (χ2v) is 8.26. The first-order valence-corrected chi connectivity index (χ1v) is 11.8. The zero-order chi connectivity index (χ0) is 24.8. The molecule has 0 saturated carbocycles. The molecule has 180 valence electrons. The van der Waals surface area contributed by atoms with Crippen LogP contribution in [-0.4, -0.2) is 34.9 Å². The predicted molar refractivity (Wildman–Crippen MR) is 131 cm³/mol. The van der Waals surface area contributed by atoms with Gasteiger partial charge in [0.05, 0.1) is 13.2 Å². The molecule has 9 nitrogen and oxygen atoms in total. The topological polar surface area (TPSA) is 113 Å². The Morgan fingerprint density at radius 3 is 2.63 bits per heavy atom. The van der Waals surface area contributed by atoms with Crippen LogP contribution < -0.4 is 15.6 Å². The lowest BCUT2D eigenvalue weighted by atomic mass is 10.1. The number of hydrogen-bond acceptors (Lipinski definition) is 8. The van der Waals surface area contributed by atoms with E-state index in [-0.39, 0.29) is 36.6 Å². The van der Waals surface area contributed by atoms with Crippen molar-refractivity contribution < 1.29 is 23.5 Å². The second-order valence-electron chi connectivity index (χ2n) is 7.38. The monoisotopic (exact) mass is 493 g/mol. The smallest absolute Gasteiger partial charge is 0.341 e. The number of ether oxygens (including phenoxy) is 2. The third-order valence-electron chi connectivity index (χ3n) is 4.92. The van der Waals surface area contributed by atoms with Gasteiger partial charge in [-0.1, -0.05) is 18.2 Å². The molecule has 3 aromatic heterocycles. The van der Waals surface area contributed by atoms with Crippen LogP contribution in [-0.2, 0) is 11.3 Å². The molecule has 35 heavy (non-hydrogen) atoms. The lowest BCUT2D eigenvalue weighted by Gasteiger charge is -2.10. The minimum Gasteiger partial charge on any atom is -0.492 e. The number of aryl methyl sites for hydroxylation is 1. The summed E-state index contributed by atoms with van der Waals surface area (Å²) in [4.78, 5) is 37.9. The van der Waals surface area contributed by atoms with E-state index in [4.69, 9.17) is 13.9 Å². The molecule has 4 aromatic rings. The van der Waals surface area contributed by atoms with Gasteiger partial charge in [-0.3, -0.25) is 9.59 Å². The highest BCUT2D eigenvalue weighted by atomic mass is 32.1. The van der Waals surface area contributed by atoms with Crippen molar-refractivity contribution in [1.82, 2.24) is 9.78 Å². The minimum absolute atomic E-state index is 0.0166. The fourth-order valence-electron chi connectivity index (χ4n) is 3.28. The molecular weight excluding hydrogens is 470 g/mol. The number of hydrogen-bond donors (Lipinski definition) is 1. The number of nitrogens with one attached hydrogen (secondary N) is 1. The van der Waals surface area contributed by atoms with Crippen molar-refractivity contribution >= 4 is 28.2 Å². The molecule has 0 aliphatic rings. The van der Waals surface area contributed by atoms with Gasteiger partial charge in [0.15, 0.2) is 0 Å². The number of thiophene rings is 1. The van der Waals surface area contributed by atoms with Crippen molar-refractivity contribution in [3.8, 4) is 17.1 Å². The first kappa shape index (κ1) is 24.0. The summed E-state index contributed by atoms with van der Waals surface area (Å²) < 4.78 is 17.6. The van der Waals surface area contributed by atoms with Crippen LogP contribution in [0.15, 0.2) is 69.2 Å². The lowest BCUT2D eigenvalue weighted by molar-refractivity contribution is 0.0528. The molecule has 0 unspecified atom stereocenters. The highest BCUT2D eigenvalue weighted by Gasteiger charge is 2.25. The summed E-state index contributed by atoms with van der Waals surface area (Å²) in [5, 5.41) is 8.89. The summed E-state index contributed by atoms with van der Waals surface area (Å²) >= 11 is 1.17. The van der Waals surface area contributed by atoms with Crippen LogP contribution in [0.2, 0.25) is 0 Å². The maximum atomic E-state index is 13.0. The molecule has 1 amide bonds. The molecule has 4 rings (SSSR count). The van der Waals surface area contributed by atoms with E-state index in [1.165, 1.54) is 23.5 Å². The average molecular weight is 494 g/mol. The number of nitrogens with zero attached hydrogens (tertiary/aromatic N) is 2. The van der Waals surface area contributed by atoms with Gasteiger partial charge < -0.3 is 19.2 Å². The number of esters is 1. The predicted octanol–water partition coefficient (Wildman–Crippen LogP) is 4.38. The van der Waals surface area contributed by atoms with Gasteiger partial charge in [-0.2, -0.15) is 5.10 Å². The number of para-hydroxylation sites is 1. The Labute approximate surface area is 204 Å². The van der Waals surface area contributed by atoms with Gasteiger partial charge >= 0.3 is 5.97 Å². The first-order chi connectivity index (χ1) is 17.0. The van der Waals surface area contributed by atoms with E-state index >= 15 is 0 Å². The molecule has 0 spiro atoms. The zero-order valence-electron chi connectivity index (χ0n) is 19.1. The zero-order valence-corrected chi connectivity index (χ0v) is 20.0. The van der Waals surface area contributed by atoms with Gasteiger partial charge in [-0.25, -0.2) is 9.48 Å². The SMILES string of the molecule is CCOC(=O)c1c(-c2ccc(C)o2)csc1NC(=O)c1ccc(=O)n(CCOc2ccccc2)n1. The second kappa shape index (κ2) is 10.8. The van der Waals surface area contributed by atoms with Crippen LogP contribution in [0.1, 0.15) is 33.5 Å². The highest BCUT2D eigenvalue weighted by Crippen LogP contribution is 2.37. The molecule has 10 heteroatoms. The molecule has 0 saturated heterocycles. The number of anilines is 1. The number of benzene rings is 1. The van der Waals surface area contributed by atoms with Crippen LogP contribution in [0.5, 0.6) is 5.75 Å². The van der Waals surface area contributed by atoms with Crippen LogP contribution in [0, 0.1) is 6.92 Å². The van der Waals surface area contributed by atoms with Gasteiger partial charge in [0.25, 0.3) is 11.5 Å². The van der Waals surface area contributed by atoms with E-state index < -0.39 is 11.9 Å². The fourth-order valence-corrected chi connectivity index (χ4v) is 4.21. The molecule has 0 radical (unpaired) electrons.